The number of nitrogens with one attached hydrogen (secondary N) is 2. The fourth-order valence-electron chi connectivity index (χ4n) is 2.26. The minimum Gasteiger partial charge on any atom is -0.302 e. The molecule has 2 N–H and O–H groups in total. The highest BCUT2D eigenvalue weighted by Gasteiger charge is 2.26. The molecule has 0 aliphatic carbocycles. The Morgan fingerprint density at radius 3 is 3.05 bits per heavy atom. The molecule has 2 heterocycles. The normalized spacial score (nSPS) is 17.8. The quantitative estimate of drug-likeness (QED) is 0.874. The number of carbonyl (C=O) groups excluding carboxylic acids is 1. The van der Waals surface area contributed by atoms with Crippen LogP contribution in [0.2, 0.25) is 0 Å². The van der Waals surface area contributed by atoms with E-state index in [0.29, 0.717) is 5.13 Å². The average molecular weight is 274 g/mol. The SMILES string of the molecule is Cc1nnc(NC(=O)C2NCCc3ccccc32)s1. The van der Waals surface area contributed by atoms with Gasteiger partial charge in [-0.2, -0.15) is 0 Å². The minimum absolute atomic E-state index is 0.0803. The molecule has 0 spiro atoms. The molecule has 0 radical (unpaired) electrons. The number of amides is 1. The lowest BCUT2D eigenvalue weighted by Gasteiger charge is -2.25. The minimum atomic E-state index is -0.311. The first-order chi connectivity index (χ1) is 9.24. The van der Waals surface area contributed by atoms with Crippen LogP contribution in [0.25, 0.3) is 0 Å². The van der Waals surface area contributed by atoms with E-state index in [4.69, 9.17) is 0 Å². The monoisotopic (exact) mass is 274 g/mol. The molecule has 0 fully saturated rings. The highest BCUT2D eigenvalue weighted by molar-refractivity contribution is 7.15. The molecule has 2 aromatic rings. The first kappa shape index (κ1) is 12.3. The Balaban J connectivity index is 1.81. The smallest absolute Gasteiger partial charge is 0.247 e. The molecule has 1 atom stereocenters. The first-order valence-electron chi connectivity index (χ1n) is 6.16. The zero-order valence-corrected chi connectivity index (χ0v) is 11.3. The van der Waals surface area contributed by atoms with Crippen molar-refractivity contribution in [2.24, 2.45) is 0 Å². The van der Waals surface area contributed by atoms with Crippen molar-refractivity contribution >= 4 is 22.4 Å². The summed E-state index contributed by atoms with van der Waals surface area (Å²) in [6.45, 7) is 2.67. The number of hydrogen-bond donors (Lipinski definition) is 2. The summed E-state index contributed by atoms with van der Waals surface area (Å²) < 4.78 is 0. The molecule has 98 valence electrons. The molecule has 3 rings (SSSR count). The summed E-state index contributed by atoms with van der Waals surface area (Å²) in [4.78, 5) is 12.3. The topological polar surface area (TPSA) is 66.9 Å². The standard InChI is InChI=1S/C13H14N4OS/c1-8-16-17-13(19-8)15-12(18)11-10-5-3-2-4-9(10)6-7-14-11/h2-5,11,14H,6-7H2,1H3,(H,15,17,18). The van der Waals surface area contributed by atoms with Crippen LogP contribution in [-0.2, 0) is 11.2 Å². The third kappa shape index (κ3) is 2.50. The summed E-state index contributed by atoms with van der Waals surface area (Å²) in [5.74, 6) is -0.0803. The number of benzene rings is 1. The van der Waals surface area contributed by atoms with Crippen molar-refractivity contribution in [3.05, 3.63) is 40.4 Å². The second kappa shape index (κ2) is 5.07. The lowest BCUT2D eigenvalue weighted by Crippen LogP contribution is -2.38. The highest BCUT2D eigenvalue weighted by Crippen LogP contribution is 2.24. The Morgan fingerprint density at radius 2 is 2.26 bits per heavy atom. The fourth-order valence-corrected chi connectivity index (χ4v) is 2.86. The van der Waals surface area contributed by atoms with E-state index >= 15 is 0 Å². The van der Waals surface area contributed by atoms with Gasteiger partial charge in [-0.05, 0) is 24.5 Å². The van der Waals surface area contributed by atoms with E-state index in [2.05, 4.69) is 26.9 Å². The van der Waals surface area contributed by atoms with Gasteiger partial charge in [-0.25, -0.2) is 0 Å². The molecule has 1 amide bonds. The maximum atomic E-state index is 12.3. The van der Waals surface area contributed by atoms with Gasteiger partial charge in [0, 0.05) is 6.54 Å². The van der Waals surface area contributed by atoms with Crippen molar-refractivity contribution in [1.29, 1.82) is 0 Å². The zero-order chi connectivity index (χ0) is 13.2. The van der Waals surface area contributed by atoms with E-state index in [1.54, 1.807) is 0 Å². The third-order valence-corrected chi connectivity index (χ3v) is 3.88. The average Bonchev–Trinajstić information content (AvgIpc) is 2.83. The Morgan fingerprint density at radius 1 is 1.42 bits per heavy atom. The van der Waals surface area contributed by atoms with Crippen LogP contribution in [0.5, 0.6) is 0 Å². The van der Waals surface area contributed by atoms with Crippen molar-refractivity contribution < 1.29 is 4.79 Å². The summed E-state index contributed by atoms with van der Waals surface area (Å²) in [7, 11) is 0. The van der Waals surface area contributed by atoms with Crippen molar-refractivity contribution in [2.75, 3.05) is 11.9 Å². The number of aryl methyl sites for hydroxylation is 1. The summed E-state index contributed by atoms with van der Waals surface area (Å²) in [6.07, 6.45) is 0.956. The zero-order valence-electron chi connectivity index (χ0n) is 10.5. The maximum absolute atomic E-state index is 12.3. The lowest BCUT2D eigenvalue weighted by atomic mass is 9.94. The van der Waals surface area contributed by atoms with Gasteiger partial charge < -0.3 is 5.32 Å². The molecule has 19 heavy (non-hydrogen) atoms. The molecule has 1 unspecified atom stereocenters. The molecule has 0 saturated heterocycles. The molecule has 1 aliphatic heterocycles. The van der Waals surface area contributed by atoms with Crippen molar-refractivity contribution in [1.82, 2.24) is 15.5 Å². The van der Waals surface area contributed by atoms with Crippen LogP contribution in [0.4, 0.5) is 5.13 Å². The van der Waals surface area contributed by atoms with Gasteiger partial charge in [0.15, 0.2) is 0 Å². The van der Waals surface area contributed by atoms with Crippen LogP contribution in [0.3, 0.4) is 0 Å². The van der Waals surface area contributed by atoms with Crippen molar-refractivity contribution in [3.8, 4) is 0 Å². The Bertz CT molecular complexity index is 610. The molecule has 1 aromatic carbocycles. The Kier molecular flexibility index (Phi) is 3.27. The lowest BCUT2D eigenvalue weighted by molar-refractivity contribution is -0.118. The molecule has 0 bridgehead atoms. The van der Waals surface area contributed by atoms with Crippen LogP contribution in [0.1, 0.15) is 22.2 Å². The van der Waals surface area contributed by atoms with Gasteiger partial charge in [-0.1, -0.05) is 35.6 Å². The molecular weight excluding hydrogens is 260 g/mol. The van der Waals surface area contributed by atoms with Crippen LogP contribution in [-0.4, -0.2) is 22.6 Å². The predicted octanol–water partition coefficient (Wildman–Crippen LogP) is 1.67. The molecule has 1 aromatic heterocycles. The predicted molar refractivity (Wildman–Crippen MR) is 74.2 cm³/mol. The largest absolute Gasteiger partial charge is 0.302 e. The Labute approximate surface area is 115 Å². The van der Waals surface area contributed by atoms with Gasteiger partial charge in [0.25, 0.3) is 0 Å². The first-order valence-corrected chi connectivity index (χ1v) is 6.98. The second-order valence-corrected chi connectivity index (χ2v) is 5.63. The van der Waals surface area contributed by atoms with Gasteiger partial charge in [0.2, 0.25) is 11.0 Å². The molecular formula is C13H14N4OS. The van der Waals surface area contributed by atoms with Crippen molar-refractivity contribution in [2.45, 2.75) is 19.4 Å². The van der Waals surface area contributed by atoms with Crippen LogP contribution >= 0.6 is 11.3 Å². The van der Waals surface area contributed by atoms with E-state index in [0.717, 1.165) is 23.5 Å². The van der Waals surface area contributed by atoms with Crippen molar-refractivity contribution in [3.63, 3.8) is 0 Å². The number of nitrogens with zero attached hydrogens (tertiary/aromatic N) is 2. The van der Waals surface area contributed by atoms with Gasteiger partial charge in [-0.15, -0.1) is 10.2 Å². The van der Waals surface area contributed by atoms with E-state index in [1.807, 2.05) is 25.1 Å². The van der Waals surface area contributed by atoms with Crippen LogP contribution < -0.4 is 10.6 Å². The fraction of sp³-hybridized carbons (Fsp3) is 0.308. The molecule has 1 aliphatic rings. The Hall–Kier alpha value is -1.79. The number of rotatable bonds is 2. The molecule has 5 nitrogen and oxygen atoms in total. The van der Waals surface area contributed by atoms with E-state index in [1.165, 1.54) is 16.9 Å². The number of fused-ring (bicyclic) bond motifs is 1. The van der Waals surface area contributed by atoms with Crippen LogP contribution in [0.15, 0.2) is 24.3 Å². The summed E-state index contributed by atoms with van der Waals surface area (Å²) in [6, 6.07) is 7.73. The highest BCUT2D eigenvalue weighted by atomic mass is 32.1. The third-order valence-electron chi connectivity index (χ3n) is 3.13. The number of hydrogen-bond acceptors (Lipinski definition) is 5. The van der Waals surface area contributed by atoms with Gasteiger partial charge >= 0.3 is 0 Å². The van der Waals surface area contributed by atoms with E-state index < -0.39 is 0 Å². The second-order valence-electron chi connectivity index (χ2n) is 4.45. The summed E-state index contributed by atoms with van der Waals surface area (Å²) in [5.41, 5.74) is 2.28. The number of anilines is 1. The van der Waals surface area contributed by atoms with Gasteiger partial charge in [0.05, 0.1) is 0 Å². The van der Waals surface area contributed by atoms with E-state index in [9.17, 15) is 4.79 Å². The number of carbonyl (C=O) groups is 1. The summed E-state index contributed by atoms with van der Waals surface area (Å²) in [5, 5.41) is 15.3. The van der Waals surface area contributed by atoms with E-state index in [-0.39, 0.29) is 11.9 Å². The molecule has 0 saturated carbocycles. The molecule has 6 heteroatoms. The van der Waals surface area contributed by atoms with Gasteiger partial charge in [-0.3, -0.25) is 10.1 Å². The summed E-state index contributed by atoms with van der Waals surface area (Å²) >= 11 is 1.38. The number of aromatic nitrogens is 2. The van der Waals surface area contributed by atoms with Crippen LogP contribution in [0, 0.1) is 6.92 Å². The maximum Gasteiger partial charge on any atom is 0.247 e. The van der Waals surface area contributed by atoms with Gasteiger partial charge in [0.1, 0.15) is 11.0 Å².